The zero-order valence-electron chi connectivity index (χ0n) is 13.8. The molecule has 0 aromatic heterocycles. The van der Waals surface area contributed by atoms with E-state index in [2.05, 4.69) is 58.1 Å². The molecule has 1 unspecified atom stereocenters. The van der Waals surface area contributed by atoms with Crippen molar-refractivity contribution in [3.63, 3.8) is 0 Å². The molecule has 1 heterocycles. The van der Waals surface area contributed by atoms with Crippen molar-refractivity contribution in [2.24, 2.45) is 5.41 Å². The van der Waals surface area contributed by atoms with E-state index in [0.29, 0.717) is 11.5 Å². The molecule has 112 valence electrons. The van der Waals surface area contributed by atoms with Gasteiger partial charge in [-0.3, -0.25) is 0 Å². The van der Waals surface area contributed by atoms with Crippen LogP contribution in [0.5, 0.6) is 5.75 Å². The molecule has 0 radical (unpaired) electrons. The van der Waals surface area contributed by atoms with Crippen LogP contribution in [0.1, 0.15) is 64.6 Å². The largest absolute Gasteiger partial charge is 0.493 e. The molecule has 1 aromatic carbocycles. The van der Waals surface area contributed by atoms with Crippen molar-refractivity contribution in [3.8, 4) is 5.75 Å². The highest BCUT2D eigenvalue weighted by atomic mass is 16.5. The molecule has 0 saturated carbocycles. The number of ether oxygens (including phenoxy) is 1. The van der Waals surface area contributed by atoms with Gasteiger partial charge in [0.15, 0.2) is 0 Å². The maximum absolute atomic E-state index is 5.78. The summed E-state index contributed by atoms with van der Waals surface area (Å²) in [5, 5.41) is 3.41. The average Bonchev–Trinajstić information content (AvgIpc) is 2.34. The Kier molecular flexibility index (Phi) is 4.15. The van der Waals surface area contributed by atoms with Crippen molar-refractivity contribution in [1.29, 1.82) is 0 Å². The molecule has 2 heteroatoms. The van der Waals surface area contributed by atoms with Crippen LogP contribution in [0.25, 0.3) is 0 Å². The lowest BCUT2D eigenvalue weighted by Gasteiger charge is -2.34. The van der Waals surface area contributed by atoms with E-state index in [1.165, 1.54) is 17.5 Å². The molecular weight excluding hydrogens is 246 g/mol. The van der Waals surface area contributed by atoms with Crippen LogP contribution in [-0.2, 0) is 5.41 Å². The summed E-state index contributed by atoms with van der Waals surface area (Å²) < 4.78 is 5.78. The summed E-state index contributed by atoms with van der Waals surface area (Å²) in [5.41, 5.74) is 3.25. The molecule has 0 saturated heterocycles. The topological polar surface area (TPSA) is 21.3 Å². The Bertz CT molecular complexity index is 471. The van der Waals surface area contributed by atoms with Crippen LogP contribution < -0.4 is 10.1 Å². The van der Waals surface area contributed by atoms with Gasteiger partial charge in [-0.05, 0) is 42.0 Å². The van der Waals surface area contributed by atoms with E-state index in [9.17, 15) is 0 Å². The third-order valence-electron chi connectivity index (χ3n) is 4.15. The Morgan fingerprint density at radius 2 is 1.90 bits per heavy atom. The van der Waals surface area contributed by atoms with Crippen molar-refractivity contribution in [3.05, 3.63) is 29.3 Å². The second-order valence-electron chi connectivity index (χ2n) is 7.85. The predicted molar refractivity (Wildman–Crippen MR) is 85.5 cm³/mol. The van der Waals surface area contributed by atoms with Crippen LogP contribution in [0.2, 0.25) is 0 Å². The summed E-state index contributed by atoms with van der Waals surface area (Å²) in [7, 11) is 2.03. The van der Waals surface area contributed by atoms with Gasteiger partial charge in [-0.1, -0.05) is 40.7 Å². The van der Waals surface area contributed by atoms with Gasteiger partial charge < -0.3 is 10.1 Å². The van der Waals surface area contributed by atoms with Crippen molar-refractivity contribution in [1.82, 2.24) is 5.32 Å². The Labute approximate surface area is 123 Å². The fourth-order valence-corrected chi connectivity index (χ4v) is 3.54. The Hall–Kier alpha value is -1.02. The van der Waals surface area contributed by atoms with Crippen LogP contribution in [-0.4, -0.2) is 13.7 Å². The minimum Gasteiger partial charge on any atom is -0.493 e. The Morgan fingerprint density at radius 3 is 2.50 bits per heavy atom. The molecule has 1 aromatic rings. The van der Waals surface area contributed by atoms with E-state index >= 15 is 0 Å². The van der Waals surface area contributed by atoms with E-state index in [1.807, 2.05) is 7.05 Å². The molecule has 2 rings (SSSR count). The fourth-order valence-electron chi connectivity index (χ4n) is 3.54. The maximum atomic E-state index is 5.78. The van der Waals surface area contributed by atoms with Crippen molar-refractivity contribution in [2.45, 2.75) is 58.9 Å². The summed E-state index contributed by atoms with van der Waals surface area (Å²) in [6, 6.07) is 7.16. The molecule has 20 heavy (non-hydrogen) atoms. The summed E-state index contributed by atoms with van der Waals surface area (Å²) in [4.78, 5) is 0. The minimum absolute atomic E-state index is 0.184. The highest BCUT2D eigenvalue weighted by Gasteiger charge is 2.29. The van der Waals surface area contributed by atoms with E-state index in [1.54, 1.807) is 0 Å². The monoisotopic (exact) mass is 275 g/mol. The lowest BCUT2D eigenvalue weighted by Crippen LogP contribution is -2.27. The molecule has 0 bridgehead atoms. The van der Waals surface area contributed by atoms with Gasteiger partial charge in [0.25, 0.3) is 0 Å². The van der Waals surface area contributed by atoms with Crippen LogP contribution in [0.3, 0.4) is 0 Å². The first-order valence-corrected chi connectivity index (χ1v) is 7.67. The van der Waals surface area contributed by atoms with Crippen molar-refractivity contribution < 1.29 is 4.74 Å². The van der Waals surface area contributed by atoms with Crippen LogP contribution >= 0.6 is 0 Å². The number of nitrogens with one attached hydrogen (secondary N) is 1. The lowest BCUT2D eigenvalue weighted by molar-refractivity contribution is 0.255. The first kappa shape index (κ1) is 15.4. The number of hydrogen-bond donors (Lipinski definition) is 1. The number of fused-ring (bicyclic) bond motifs is 1. The molecule has 1 aliphatic rings. The van der Waals surface area contributed by atoms with Gasteiger partial charge in [0.2, 0.25) is 0 Å². The standard InChI is InChI=1S/C18H29NO/c1-17(2,3)12-18(4,5)13-7-8-16-14(11-13)15(19-6)9-10-20-16/h7-8,11,15,19H,9-10,12H2,1-6H3. The predicted octanol–water partition coefficient (Wildman–Crippen LogP) is 4.44. The number of benzene rings is 1. The summed E-state index contributed by atoms with van der Waals surface area (Å²) in [6.07, 6.45) is 2.22. The molecule has 0 fully saturated rings. The van der Waals surface area contributed by atoms with Crippen molar-refractivity contribution >= 4 is 0 Å². The van der Waals surface area contributed by atoms with Crippen molar-refractivity contribution in [2.75, 3.05) is 13.7 Å². The van der Waals surface area contributed by atoms with E-state index < -0.39 is 0 Å². The number of hydrogen-bond acceptors (Lipinski definition) is 2. The highest BCUT2D eigenvalue weighted by Crippen LogP contribution is 2.40. The third kappa shape index (κ3) is 3.35. The smallest absolute Gasteiger partial charge is 0.124 e. The molecule has 2 nitrogen and oxygen atoms in total. The van der Waals surface area contributed by atoms with Gasteiger partial charge in [0, 0.05) is 18.0 Å². The Morgan fingerprint density at radius 1 is 1.20 bits per heavy atom. The summed E-state index contributed by atoms with van der Waals surface area (Å²) in [5.74, 6) is 1.05. The van der Waals surface area contributed by atoms with Gasteiger partial charge in [-0.2, -0.15) is 0 Å². The molecule has 0 aliphatic carbocycles. The first-order valence-electron chi connectivity index (χ1n) is 7.67. The SMILES string of the molecule is CNC1CCOc2ccc(C(C)(C)CC(C)(C)C)cc21. The van der Waals surface area contributed by atoms with Crippen LogP contribution in [0.4, 0.5) is 0 Å². The third-order valence-corrected chi connectivity index (χ3v) is 4.15. The Balaban J connectivity index is 2.34. The second-order valence-corrected chi connectivity index (χ2v) is 7.85. The second kappa shape index (κ2) is 5.40. The van der Waals surface area contributed by atoms with Crippen LogP contribution in [0.15, 0.2) is 18.2 Å². The summed E-state index contributed by atoms with van der Waals surface area (Å²) >= 11 is 0. The first-order chi connectivity index (χ1) is 9.23. The zero-order chi connectivity index (χ0) is 15.0. The van der Waals surface area contributed by atoms with Gasteiger partial charge in [-0.25, -0.2) is 0 Å². The highest BCUT2D eigenvalue weighted by molar-refractivity contribution is 5.43. The fraction of sp³-hybridized carbons (Fsp3) is 0.667. The molecule has 1 atom stereocenters. The maximum Gasteiger partial charge on any atom is 0.124 e. The molecule has 1 aliphatic heterocycles. The quantitative estimate of drug-likeness (QED) is 0.880. The molecule has 1 N–H and O–H groups in total. The number of rotatable bonds is 3. The van der Waals surface area contributed by atoms with E-state index in [4.69, 9.17) is 4.74 Å². The van der Waals surface area contributed by atoms with Gasteiger partial charge in [-0.15, -0.1) is 0 Å². The lowest BCUT2D eigenvalue weighted by atomic mass is 9.72. The van der Waals surface area contributed by atoms with E-state index in [0.717, 1.165) is 18.8 Å². The molecular formula is C18H29NO. The average molecular weight is 275 g/mol. The minimum atomic E-state index is 0.184. The zero-order valence-corrected chi connectivity index (χ0v) is 13.8. The summed E-state index contributed by atoms with van der Waals surface area (Å²) in [6.45, 7) is 12.4. The van der Waals surface area contributed by atoms with Gasteiger partial charge in [0.05, 0.1) is 6.61 Å². The van der Waals surface area contributed by atoms with Gasteiger partial charge >= 0.3 is 0 Å². The van der Waals surface area contributed by atoms with Gasteiger partial charge in [0.1, 0.15) is 5.75 Å². The molecule has 0 spiro atoms. The molecule has 0 amide bonds. The van der Waals surface area contributed by atoms with E-state index in [-0.39, 0.29) is 5.41 Å². The normalized spacial score (nSPS) is 19.4. The van der Waals surface area contributed by atoms with Crippen LogP contribution in [0, 0.1) is 5.41 Å².